The highest BCUT2D eigenvalue weighted by Crippen LogP contribution is 2.28. The summed E-state index contributed by atoms with van der Waals surface area (Å²) in [5.41, 5.74) is 0.746. The molecule has 1 aliphatic heterocycles. The Hall–Kier alpha value is -1.27. The van der Waals surface area contributed by atoms with Gasteiger partial charge in [0.1, 0.15) is 6.17 Å². The first-order chi connectivity index (χ1) is 10.1. The molecule has 21 heavy (non-hydrogen) atoms. The van der Waals surface area contributed by atoms with E-state index in [-0.39, 0.29) is 23.9 Å². The van der Waals surface area contributed by atoms with Gasteiger partial charge in [-0.2, -0.15) is 11.8 Å². The molecule has 1 aromatic rings. The van der Waals surface area contributed by atoms with Gasteiger partial charge in [0.05, 0.1) is 13.2 Å². The Bertz CT molecular complexity index is 512. The second kappa shape index (κ2) is 7.13. The van der Waals surface area contributed by atoms with Gasteiger partial charge < -0.3 is 9.64 Å². The second-order valence-corrected chi connectivity index (χ2v) is 6.05. The third kappa shape index (κ3) is 3.49. The number of hydrogen-bond donors (Lipinski definition) is 1. The molecule has 0 radical (unpaired) electrons. The van der Waals surface area contributed by atoms with Crippen LogP contribution in [0.1, 0.15) is 25.1 Å². The summed E-state index contributed by atoms with van der Waals surface area (Å²) in [4.78, 5) is 14.0. The highest BCUT2D eigenvalue weighted by atomic mass is 32.2. The standard InChI is InChI=1S/C15H21FN2O2S/c1-10-15(19)18(7-4-8-21-3)14(17-10)11-5-6-13(20-2)12(16)9-11/h5-6,9-10,14,17H,4,7-8H2,1-3H3. The number of nitrogens with one attached hydrogen (secondary N) is 1. The molecule has 1 amide bonds. The minimum atomic E-state index is -0.409. The van der Waals surface area contributed by atoms with Crippen molar-refractivity contribution in [3.8, 4) is 5.75 Å². The summed E-state index contributed by atoms with van der Waals surface area (Å²) < 4.78 is 18.8. The van der Waals surface area contributed by atoms with Crippen LogP contribution in [-0.2, 0) is 4.79 Å². The quantitative estimate of drug-likeness (QED) is 0.819. The fourth-order valence-electron chi connectivity index (χ4n) is 2.52. The van der Waals surface area contributed by atoms with Crippen molar-refractivity contribution in [1.29, 1.82) is 0 Å². The lowest BCUT2D eigenvalue weighted by atomic mass is 10.1. The first-order valence-corrected chi connectivity index (χ1v) is 8.36. The molecule has 0 bridgehead atoms. The molecule has 0 aliphatic carbocycles. The summed E-state index contributed by atoms with van der Waals surface area (Å²) in [6.45, 7) is 2.51. The molecule has 1 aromatic carbocycles. The van der Waals surface area contributed by atoms with E-state index in [0.717, 1.165) is 17.7 Å². The Morgan fingerprint density at radius 1 is 1.48 bits per heavy atom. The Morgan fingerprint density at radius 3 is 2.86 bits per heavy atom. The van der Waals surface area contributed by atoms with Crippen LogP contribution in [0, 0.1) is 5.82 Å². The first-order valence-electron chi connectivity index (χ1n) is 6.97. The fraction of sp³-hybridized carbons (Fsp3) is 0.533. The molecule has 1 N–H and O–H groups in total. The largest absolute Gasteiger partial charge is 0.494 e. The van der Waals surface area contributed by atoms with E-state index in [4.69, 9.17) is 4.74 Å². The maximum absolute atomic E-state index is 13.9. The zero-order valence-corrected chi connectivity index (χ0v) is 13.4. The van der Waals surface area contributed by atoms with Crippen LogP contribution >= 0.6 is 11.8 Å². The number of carbonyl (C=O) groups is 1. The Labute approximate surface area is 129 Å². The summed E-state index contributed by atoms with van der Waals surface area (Å²) in [5.74, 6) is 0.872. The minimum absolute atomic E-state index is 0.0670. The molecular formula is C15H21FN2O2S. The molecule has 1 aliphatic rings. The fourth-order valence-corrected chi connectivity index (χ4v) is 2.94. The highest BCUT2D eigenvalue weighted by molar-refractivity contribution is 7.98. The zero-order valence-electron chi connectivity index (χ0n) is 12.6. The number of thioether (sulfide) groups is 1. The van der Waals surface area contributed by atoms with Gasteiger partial charge in [0.2, 0.25) is 5.91 Å². The van der Waals surface area contributed by atoms with Crippen molar-refractivity contribution in [2.75, 3.05) is 25.7 Å². The molecule has 116 valence electrons. The van der Waals surface area contributed by atoms with Gasteiger partial charge >= 0.3 is 0 Å². The predicted molar refractivity (Wildman–Crippen MR) is 83.0 cm³/mol. The molecule has 1 fully saturated rings. The Morgan fingerprint density at radius 2 is 2.24 bits per heavy atom. The van der Waals surface area contributed by atoms with Gasteiger partial charge in [0.25, 0.3) is 0 Å². The Balaban J connectivity index is 2.19. The number of carbonyl (C=O) groups excluding carboxylic acids is 1. The number of ether oxygens (including phenoxy) is 1. The Kier molecular flexibility index (Phi) is 5.47. The van der Waals surface area contributed by atoms with E-state index < -0.39 is 5.82 Å². The van der Waals surface area contributed by atoms with E-state index in [1.54, 1.807) is 28.8 Å². The number of amides is 1. The van der Waals surface area contributed by atoms with E-state index in [2.05, 4.69) is 5.32 Å². The summed E-state index contributed by atoms with van der Waals surface area (Å²) in [5, 5.41) is 3.22. The van der Waals surface area contributed by atoms with Crippen molar-refractivity contribution < 1.29 is 13.9 Å². The maximum atomic E-state index is 13.9. The monoisotopic (exact) mass is 312 g/mol. The van der Waals surface area contributed by atoms with Crippen LogP contribution in [0.5, 0.6) is 5.75 Å². The molecule has 0 spiro atoms. The van der Waals surface area contributed by atoms with Crippen LogP contribution in [0.15, 0.2) is 18.2 Å². The molecule has 2 rings (SSSR count). The van der Waals surface area contributed by atoms with E-state index >= 15 is 0 Å². The molecule has 2 unspecified atom stereocenters. The number of nitrogens with zero attached hydrogens (tertiary/aromatic N) is 1. The van der Waals surface area contributed by atoms with E-state index in [1.165, 1.54) is 13.2 Å². The lowest BCUT2D eigenvalue weighted by Crippen LogP contribution is -2.31. The topological polar surface area (TPSA) is 41.6 Å². The van der Waals surface area contributed by atoms with Crippen LogP contribution in [0.3, 0.4) is 0 Å². The molecule has 2 atom stereocenters. The normalized spacial score (nSPS) is 21.9. The number of methoxy groups -OCH3 is 1. The van der Waals surface area contributed by atoms with Gasteiger partial charge in [-0.25, -0.2) is 4.39 Å². The summed E-state index contributed by atoms with van der Waals surface area (Å²) >= 11 is 1.76. The zero-order chi connectivity index (χ0) is 15.4. The van der Waals surface area contributed by atoms with E-state index in [0.29, 0.717) is 6.54 Å². The SMILES string of the molecule is COc1ccc(C2NC(C)C(=O)N2CCCSC)cc1F. The van der Waals surface area contributed by atoms with Crippen molar-refractivity contribution in [3.05, 3.63) is 29.6 Å². The van der Waals surface area contributed by atoms with Crippen molar-refractivity contribution in [2.45, 2.75) is 25.6 Å². The molecular weight excluding hydrogens is 291 g/mol. The smallest absolute Gasteiger partial charge is 0.241 e. The van der Waals surface area contributed by atoms with Crippen LogP contribution < -0.4 is 10.1 Å². The van der Waals surface area contributed by atoms with Crippen LogP contribution in [0.25, 0.3) is 0 Å². The van der Waals surface area contributed by atoms with E-state index in [9.17, 15) is 9.18 Å². The number of halogens is 1. The predicted octanol–water partition coefficient (Wildman–Crippen LogP) is 2.41. The summed E-state index contributed by atoms with van der Waals surface area (Å²) in [7, 11) is 1.44. The van der Waals surface area contributed by atoms with E-state index in [1.807, 2.05) is 13.2 Å². The number of benzene rings is 1. The van der Waals surface area contributed by atoms with Gasteiger partial charge in [-0.05, 0) is 43.0 Å². The highest BCUT2D eigenvalue weighted by Gasteiger charge is 2.36. The van der Waals surface area contributed by atoms with Crippen molar-refractivity contribution in [3.63, 3.8) is 0 Å². The molecule has 4 nitrogen and oxygen atoms in total. The van der Waals surface area contributed by atoms with Crippen molar-refractivity contribution >= 4 is 17.7 Å². The summed E-state index contributed by atoms with van der Waals surface area (Å²) in [6, 6.07) is 4.59. The minimum Gasteiger partial charge on any atom is -0.494 e. The lowest BCUT2D eigenvalue weighted by Gasteiger charge is -2.24. The lowest BCUT2D eigenvalue weighted by molar-refractivity contribution is -0.129. The third-order valence-corrected chi connectivity index (χ3v) is 4.31. The second-order valence-electron chi connectivity index (χ2n) is 5.06. The molecule has 0 saturated carbocycles. The van der Waals surface area contributed by atoms with Gasteiger partial charge in [-0.15, -0.1) is 0 Å². The van der Waals surface area contributed by atoms with Crippen LogP contribution in [-0.4, -0.2) is 42.5 Å². The third-order valence-electron chi connectivity index (χ3n) is 3.61. The molecule has 0 aromatic heterocycles. The maximum Gasteiger partial charge on any atom is 0.241 e. The molecule has 1 saturated heterocycles. The van der Waals surface area contributed by atoms with Crippen LogP contribution in [0.2, 0.25) is 0 Å². The molecule has 6 heteroatoms. The van der Waals surface area contributed by atoms with Gasteiger partial charge in [0, 0.05) is 6.54 Å². The molecule has 1 heterocycles. The average molecular weight is 312 g/mol. The van der Waals surface area contributed by atoms with Gasteiger partial charge in [-0.3, -0.25) is 10.1 Å². The summed E-state index contributed by atoms with van der Waals surface area (Å²) in [6.07, 6.45) is 2.70. The van der Waals surface area contributed by atoms with Crippen molar-refractivity contribution in [2.24, 2.45) is 0 Å². The van der Waals surface area contributed by atoms with Crippen LogP contribution in [0.4, 0.5) is 4.39 Å². The first kappa shape index (κ1) is 16.1. The number of hydrogen-bond acceptors (Lipinski definition) is 4. The van der Waals surface area contributed by atoms with Gasteiger partial charge in [0.15, 0.2) is 11.6 Å². The van der Waals surface area contributed by atoms with Crippen molar-refractivity contribution in [1.82, 2.24) is 10.2 Å². The van der Waals surface area contributed by atoms with Gasteiger partial charge in [-0.1, -0.05) is 6.07 Å². The number of rotatable bonds is 6. The average Bonchev–Trinajstić information content (AvgIpc) is 2.75.